The molecular formula is C15H24N2. The van der Waals surface area contributed by atoms with E-state index in [2.05, 4.69) is 43.3 Å². The zero-order valence-corrected chi connectivity index (χ0v) is 11.0. The molecule has 1 aromatic rings. The highest BCUT2D eigenvalue weighted by atomic mass is 15.0. The van der Waals surface area contributed by atoms with Crippen LogP contribution in [0.3, 0.4) is 0 Å². The van der Waals surface area contributed by atoms with E-state index in [-0.39, 0.29) is 6.04 Å². The first-order chi connectivity index (χ1) is 8.18. The highest BCUT2D eigenvalue weighted by molar-refractivity contribution is 5.34. The molecule has 0 amide bonds. The molecule has 0 saturated heterocycles. The minimum atomic E-state index is 0.189. The molecule has 2 rings (SSSR count). The van der Waals surface area contributed by atoms with Crippen molar-refractivity contribution in [2.24, 2.45) is 5.73 Å². The van der Waals surface area contributed by atoms with Gasteiger partial charge in [-0.25, -0.2) is 0 Å². The van der Waals surface area contributed by atoms with Crippen LogP contribution in [0.1, 0.15) is 48.8 Å². The molecule has 2 N–H and O–H groups in total. The van der Waals surface area contributed by atoms with E-state index < -0.39 is 0 Å². The Morgan fingerprint density at radius 2 is 2.00 bits per heavy atom. The second kappa shape index (κ2) is 5.65. The molecule has 1 fully saturated rings. The quantitative estimate of drug-likeness (QED) is 0.846. The predicted molar refractivity (Wildman–Crippen MR) is 73.1 cm³/mol. The van der Waals surface area contributed by atoms with Gasteiger partial charge in [-0.2, -0.15) is 0 Å². The van der Waals surface area contributed by atoms with Gasteiger partial charge in [0.1, 0.15) is 0 Å². The summed E-state index contributed by atoms with van der Waals surface area (Å²) in [6.45, 7) is 1.06. The SMILES string of the molecule is CN(C)CCC(N)c1ccccc1C1CCC1. The summed E-state index contributed by atoms with van der Waals surface area (Å²) in [5, 5.41) is 0. The van der Waals surface area contributed by atoms with Gasteiger partial charge in [0.25, 0.3) is 0 Å². The van der Waals surface area contributed by atoms with E-state index in [1.807, 2.05) is 0 Å². The number of benzene rings is 1. The zero-order valence-electron chi connectivity index (χ0n) is 11.0. The Balaban J connectivity index is 2.07. The van der Waals surface area contributed by atoms with Crippen molar-refractivity contribution in [2.75, 3.05) is 20.6 Å². The maximum atomic E-state index is 6.33. The first-order valence-corrected chi connectivity index (χ1v) is 6.67. The van der Waals surface area contributed by atoms with Crippen molar-refractivity contribution >= 4 is 0 Å². The fraction of sp³-hybridized carbons (Fsp3) is 0.600. The van der Waals surface area contributed by atoms with Crippen LogP contribution in [0, 0.1) is 0 Å². The van der Waals surface area contributed by atoms with Crippen LogP contribution in [0.25, 0.3) is 0 Å². The van der Waals surface area contributed by atoms with Crippen LogP contribution in [-0.2, 0) is 0 Å². The van der Waals surface area contributed by atoms with Crippen molar-refractivity contribution in [2.45, 2.75) is 37.6 Å². The van der Waals surface area contributed by atoms with Crippen molar-refractivity contribution in [3.8, 4) is 0 Å². The van der Waals surface area contributed by atoms with Crippen LogP contribution in [0.5, 0.6) is 0 Å². The summed E-state index contributed by atoms with van der Waals surface area (Å²) in [7, 11) is 4.20. The Morgan fingerprint density at radius 1 is 1.29 bits per heavy atom. The van der Waals surface area contributed by atoms with Gasteiger partial charge in [-0.15, -0.1) is 0 Å². The Labute approximate surface area is 105 Å². The number of hydrogen-bond acceptors (Lipinski definition) is 2. The molecule has 0 heterocycles. The van der Waals surface area contributed by atoms with Gasteiger partial charge >= 0.3 is 0 Å². The monoisotopic (exact) mass is 232 g/mol. The van der Waals surface area contributed by atoms with E-state index in [4.69, 9.17) is 5.73 Å². The lowest BCUT2D eigenvalue weighted by molar-refractivity contribution is 0.377. The lowest BCUT2D eigenvalue weighted by atomic mass is 9.77. The summed E-state index contributed by atoms with van der Waals surface area (Å²) in [5.41, 5.74) is 9.21. The standard InChI is InChI=1S/C15H24N2/c1-17(2)11-10-15(16)14-9-4-3-8-13(14)12-6-5-7-12/h3-4,8-9,12,15H,5-7,10-11,16H2,1-2H3. The van der Waals surface area contributed by atoms with Gasteiger partial charge in [-0.1, -0.05) is 30.7 Å². The van der Waals surface area contributed by atoms with E-state index in [0.29, 0.717) is 0 Å². The van der Waals surface area contributed by atoms with Gasteiger partial charge in [0, 0.05) is 6.04 Å². The molecule has 1 atom stereocenters. The maximum Gasteiger partial charge on any atom is 0.0309 e. The smallest absolute Gasteiger partial charge is 0.0309 e. The van der Waals surface area contributed by atoms with Gasteiger partial charge in [0.05, 0.1) is 0 Å². The van der Waals surface area contributed by atoms with E-state index in [9.17, 15) is 0 Å². The number of nitrogens with two attached hydrogens (primary N) is 1. The molecule has 0 aliphatic heterocycles. The van der Waals surface area contributed by atoms with Crippen molar-refractivity contribution in [1.29, 1.82) is 0 Å². The molecule has 0 spiro atoms. The summed E-state index contributed by atoms with van der Waals surface area (Å²) >= 11 is 0. The van der Waals surface area contributed by atoms with Crippen LogP contribution in [0.2, 0.25) is 0 Å². The lowest BCUT2D eigenvalue weighted by Crippen LogP contribution is -2.22. The molecule has 2 heteroatoms. The van der Waals surface area contributed by atoms with Crippen molar-refractivity contribution in [1.82, 2.24) is 4.90 Å². The fourth-order valence-electron chi connectivity index (χ4n) is 2.49. The topological polar surface area (TPSA) is 29.3 Å². The van der Waals surface area contributed by atoms with E-state index in [1.165, 1.54) is 30.4 Å². The third-order valence-corrected chi connectivity index (χ3v) is 3.83. The van der Waals surface area contributed by atoms with Crippen LogP contribution >= 0.6 is 0 Å². The molecule has 1 aliphatic carbocycles. The average Bonchev–Trinajstić information content (AvgIpc) is 2.24. The van der Waals surface area contributed by atoms with Crippen LogP contribution in [0.15, 0.2) is 24.3 Å². The first kappa shape index (κ1) is 12.6. The van der Waals surface area contributed by atoms with Crippen molar-refractivity contribution < 1.29 is 0 Å². The maximum absolute atomic E-state index is 6.33. The third kappa shape index (κ3) is 3.08. The summed E-state index contributed by atoms with van der Waals surface area (Å²) in [4.78, 5) is 2.20. The second-order valence-electron chi connectivity index (χ2n) is 5.46. The number of rotatable bonds is 5. The van der Waals surface area contributed by atoms with Crippen LogP contribution in [0.4, 0.5) is 0 Å². The lowest BCUT2D eigenvalue weighted by Gasteiger charge is -2.29. The Hall–Kier alpha value is -0.860. The molecule has 1 unspecified atom stereocenters. The Bertz CT molecular complexity index is 356. The van der Waals surface area contributed by atoms with Crippen molar-refractivity contribution in [3.63, 3.8) is 0 Å². The van der Waals surface area contributed by atoms with Gasteiger partial charge < -0.3 is 10.6 Å². The molecular weight excluding hydrogens is 208 g/mol. The molecule has 1 aliphatic rings. The van der Waals surface area contributed by atoms with Gasteiger partial charge in [-0.05, 0) is 56.9 Å². The summed E-state index contributed by atoms with van der Waals surface area (Å²) in [6, 6.07) is 8.94. The summed E-state index contributed by atoms with van der Waals surface area (Å²) in [5.74, 6) is 0.775. The molecule has 0 aromatic heterocycles. The third-order valence-electron chi connectivity index (χ3n) is 3.83. The normalized spacial score (nSPS) is 18.1. The minimum absolute atomic E-state index is 0.189. The largest absolute Gasteiger partial charge is 0.324 e. The molecule has 0 bridgehead atoms. The second-order valence-corrected chi connectivity index (χ2v) is 5.46. The summed E-state index contributed by atoms with van der Waals surface area (Å²) < 4.78 is 0. The zero-order chi connectivity index (χ0) is 12.3. The van der Waals surface area contributed by atoms with Crippen molar-refractivity contribution in [3.05, 3.63) is 35.4 Å². The Morgan fingerprint density at radius 3 is 2.59 bits per heavy atom. The fourth-order valence-corrected chi connectivity index (χ4v) is 2.49. The predicted octanol–water partition coefficient (Wildman–Crippen LogP) is 2.91. The number of nitrogens with zero attached hydrogens (tertiary/aromatic N) is 1. The van der Waals surface area contributed by atoms with Gasteiger partial charge in [0.15, 0.2) is 0 Å². The molecule has 17 heavy (non-hydrogen) atoms. The molecule has 1 saturated carbocycles. The molecule has 0 radical (unpaired) electrons. The highest BCUT2D eigenvalue weighted by Gasteiger charge is 2.23. The van der Waals surface area contributed by atoms with Crippen LogP contribution in [-0.4, -0.2) is 25.5 Å². The molecule has 1 aromatic carbocycles. The van der Waals surface area contributed by atoms with Crippen LogP contribution < -0.4 is 5.73 Å². The highest BCUT2D eigenvalue weighted by Crippen LogP contribution is 2.39. The Kier molecular flexibility index (Phi) is 4.19. The van der Waals surface area contributed by atoms with E-state index in [0.717, 1.165) is 18.9 Å². The molecule has 94 valence electrons. The van der Waals surface area contributed by atoms with Gasteiger partial charge in [0.2, 0.25) is 0 Å². The van der Waals surface area contributed by atoms with Gasteiger partial charge in [-0.3, -0.25) is 0 Å². The summed E-state index contributed by atoms with van der Waals surface area (Å²) in [6.07, 6.45) is 5.11. The van der Waals surface area contributed by atoms with E-state index >= 15 is 0 Å². The average molecular weight is 232 g/mol. The number of hydrogen-bond donors (Lipinski definition) is 1. The molecule has 2 nitrogen and oxygen atoms in total. The van der Waals surface area contributed by atoms with E-state index in [1.54, 1.807) is 0 Å². The minimum Gasteiger partial charge on any atom is -0.324 e. The first-order valence-electron chi connectivity index (χ1n) is 6.67.